The van der Waals surface area contributed by atoms with Crippen LogP contribution in [0.25, 0.3) is 0 Å². The largest absolute Gasteiger partial charge is 0.341 e. The molecule has 0 aliphatic carbocycles. The van der Waals surface area contributed by atoms with Gasteiger partial charge in [-0.15, -0.1) is 0 Å². The molecule has 1 saturated heterocycles. The lowest BCUT2D eigenvalue weighted by Gasteiger charge is -2.20. The second-order valence-electron chi connectivity index (χ2n) is 6.79. The van der Waals surface area contributed by atoms with Crippen LogP contribution in [0.15, 0.2) is 24.3 Å². The van der Waals surface area contributed by atoms with Gasteiger partial charge in [-0.3, -0.25) is 9.59 Å². The number of nitriles is 1. The first-order valence-electron chi connectivity index (χ1n) is 7.68. The lowest BCUT2D eigenvalue weighted by Crippen LogP contribution is -2.37. The number of likely N-dealkylation sites (tertiary alicyclic amines) is 1. The Morgan fingerprint density at radius 1 is 1.14 bits per heavy atom. The molecule has 0 spiro atoms. The first-order chi connectivity index (χ1) is 10.3. The van der Waals surface area contributed by atoms with Crippen LogP contribution in [-0.4, -0.2) is 29.7 Å². The lowest BCUT2D eigenvalue weighted by molar-refractivity contribution is -0.131. The van der Waals surface area contributed by atoms with Crippen LogP contribution in [0.3, 0.4) is 0 Å². The standard InChI is InChI=1S/C18H22N2O2/c1-18(2,3)14-8-6-13(7-9-14)16(21)15(12-19)17(22)20-10-4-5-11-20/h6-9,15H,4-5,10-11H2,1-3H3/t15-/m1/s1. The molecular weight excluding hydrogens is 276 g/mol. The maximum atomic E-state index is 12.5. The lowest BCUT2D eigenvalue weighted by atomic mass is 9.86. The fraction of sp³-hybridized carbons (Fsp3) is 0.500. The van der Waals surface area contributed by atoms with Gasteiger partial charge in [-0.05, 0) is 23.8 Å². The van der Waals surface area contributed by atoms with E-state index in [1.807, 2.05) is 18.2 Å². The molecule has 116 valence electrons. The first kappa shape index (κ1) is 16.2. The van der Waals surface area contributed by atoms with Gasteiger partial charge in [0.2, 0.25) is 5.91 Å². The van der Waals surface area contributed by atoms with Gasteiger partial charge in [0.05, 0.1) is 6.07 Å². The van der Waals surface area contributed by atoms with Crippen molar-refractivity contribution in [1.82, 2.24) is 4.90 Å². The summed E-state index contributed by atoms with van der Waals surface area (Å²) in [7, 11) is 0. The number of Topliss-reactive ketones (excluding diaryl/α,β-unsaturated/α-hetero) is 1. The number of amides is 1. The Kier molecular flexibility index (Phi) is 4.65. The molecule has 4 nitrogen and oxygen atoms in total. The third kappa shape index (κ3) is 3.36. The van der Waals surface area contributed by atoms with Crippen molar-refractivity contribution >= 4 is 11.7 Å². The maximum absolute atomic E-state index is 12.5. The van der Waals surface area contributed by atoms with Crippen LogP contribution in [0, 0.1) is 17.2 Å². The Morgan fingerprint density at radius 2 is 1.68 bits per heavy atom. The highest BCUT2D eigenvalue weighted by atomic mass is 16.2. The molecule has 0 saturated carbocycles. The topological polar surface area (TPSA) is 61.2 Å². The molecule has 1 fully saturated rings. The Labute approximate surface area is 131 Å². The smallest absolute Gasteiger partial charge is 0.247 e. The van der Waals surface area contributed by atoms with Crippen molar-refractivity contribution in [2.45, 2.75) is 39.0 Å². The van der Waals surface area contributed by atoms with Gasteiger partial charge in [-0.2, -0.15) is 5.26 Å². The van der Waals surface area contributed by atoms with Gasteiger partial charge in [0.25, 0.3) is 0 Å². The third-order valence-corrected chi connectivity index (χ3v) is 4.09. The zero-order chi connectivity index (χ0) is 16.3. The average molecular weight is 298 g/mol. The molecule has 1 atom stereocenters. The number of nitrogens with zero attached hydrogens (tertiary/aromatic N) is 2. The Morgan fingerprint density at radius 3 is 2.14 bits per heavy atom. The van der Waals surface area contributed by atoms with Gasteiger partial charge in [0.15, 0.2) is 11.7 Å². The van der Waals surface area contributed by atoms with E-state index in [4.69, 9.17) is 0 Å². The van der Waals surface area contributed by atoms with E-state index in [9.17, 15) is 14.9 Å². The molecular formula is C18H22N2O2. The number of ketones is 1. The normalized spacial score (nSPS) is 16.2. The second-order valence-corrected chi connectivity index (χ2v) is 6.79. The molecule has 0 aromatic heterocycles. The highest BCUT2D eigenvalue weighted by molar-refractivity contribution is 6.12. The fourth-order valence-electron chi connectivity index (χ4n) is 2.65. The van der Waals surface area contributed by atoms with Crippen molar-refractivity contribution in [3.8, 4) is 6.07 Å². The van der Waals surface area contributed by atoms with E-state index in [0.29, 0.717) is 18.7 Å². The van der Waals surface area contributed by atoms with Crippen LogP contribution in [0.5, 0.6) is 0 Å². The van der Waals surface area contributed by atoms with E-state index in [1.165, 1.54) is 0 Å². The Balaban J connectivity index is 2.18. The predicted molar refractivity (Wildman–Crippen MR) is 84.4 cm³/mol. The molecule has 1 aliphatic heterocycles. The molecule has 1 heterocycles. The van der Waals surface area contributed by atoms with Gasteiger partial charge >= 0.3 is 0 Å². The summed E-state index contributed by atoms with van der Waals surface area (Å²) >= 11 is 0. The molecule has 1 aromatic rings. The van der Waals surface area contributed by atoms with Crippen molar-refractivity contribution in [2.75, 3.05) is 13.1 Å². The van der Waals surface area contributed by atoms with Crippen LogP contribution in [0.2, 0.25) is 0 Å². The summed E-state index contributed by atoms with van der Waals surface area (Å²) in [4.78, 5) is 26.4. The molecule has 0 unspecified atom stereocenters. The molecule has 0 N–H and O–H groups in total. The minimum atomic E-state index is -1.22. The number of hydrogen-bond donors (Lipinski definition) is 0. The molecule has 0 bridgehead atoms. The van der Waals surface area contributed by atoms with Crippen LogP contribution in [-0.2, 0) is 10.2 Å². The van der Waals surface area contributed by atoms with Gasteiger partial charge in [-0.1, -0.05) is 45.0 Å². The minimum absolute atomic E-state index is 0.00157. The Bertz CT molecular complexity index is 599. The van der Waals surface area contributed by atoms with E-state index in [0.717, 1.165) is 18.4 Å². The zero-order valence-corrected chi connectivity index (χ0v) is 13.4. The van der Waals surface area contributed by atoms with E-state index in [-0.39, 0.29) is 11.3 Å². The number of hydrogen-bond acceptors (Lipinski definition) is 3. The molecule has 2 rings (SSSR count). The first-order valence-corrected chi connectivity index (χ1v) is 7.68. The summed E-state index contributed by atoms with van der Waals surface area (Å²) in [5.41, 5.74) is 1.54. The molecule has 0 radical (unpaired) electrons. The maximum Gasteiger partial charge on any atom is 0.247 e. The third-order valence-electron chi connectivity index (χ3n) is 4.09. The molecule has 1 amide bonds. The van der Waals surface area contributed by atoms with Crippen LogP contribution in [0.1, 0.15) is 49.5 Å². The summed E-state index contributed by atoms with van der Waals surface area (Å²) < 4.78 is 0. The number of rotatable bonds is 3. The zero-order valence-electron chi connectivity index (χ0n) is 13.4. The summed E-state index contributed by atoms with van der Waals surface area (Å²) in [5.74, 6) is -1.98. The number of carbonyl (C=O) groups excluding carboxylic acids is 2. The minimum Gasteiger partial charge on any atom is -0.341 e. The van der Waals surface area contributed by atoms with E-state index in [1.54, 1.807) is 17.0 Å². The van der Waals surface area contributed by atoms with E-state index in [2.05, 4.69) is 20.8 Å². The summed E-state index contributed by atoms with van der Waals surface area (Å²) in [6.07, 6.45) is 1.89. The van der Waals surface area contributed by atoms with Gasteiger partial charge in [0.1, 0.15) is 0 Å². The van der Waals surface area contributed by atoms with Crippen molar-refractivity contribution in [2.24, 2.45) is 5.92 Å². The SMILES string of the molecule is CC(C)(C)c1ccc(C(=O)[C@@H](C#N)C(=O)N2CCCC2)cc1. The van der Waals surface area contributed by atoms with Gasteiger partial charge in [0, 0.05) is 18.7 Å². The van der Waals surface area contributed by atoms with Crippen molar-refractivity contribution < 1.29 is 9.59 Å². The van der Waals surface area contributed by atoms with Crippen LogP contribution >= 0.6 is 0 Å². The number of carbonyl (C=O) groups is 2. The summed E-state index contributed by atoms with van der Waals surface area (Å²) in [6, 6.07) is 9.09. The van der Waals surface area contributed by atoms with Crippen LogP contribution < -0.4 is 0 Å². The van der Waals surface area contributed by atoms with E-state index < -0.39 is 11.7 Å². The quantitative estimate of drug-likeness (QED) is 0.636. The molecule has 22 heavy (non-hydrogen) atoms. The molecule has 1 aliphatic rings. The Hall–Kier alpha value is -2.15. The molecule has 1 aromatic carbocycles. The summed E-state index contributed by atoms with van der Waals surface area (Å²) in [6.45, 7) is 7.58. The van der Waals surface area contributed by atoms with Crippen molar-refractivity contribution in [3.63, 3.8) is 0 Å². The number of benzene rings is 1. The predicted octanol–water partition coefficient (Wildman–Crippen LogP) is 2.93. The van der Waals surface area contributed by atoms with Gasteiger partial charge in [-0.25, -0.2) is 0 Å². The van der Waals surface area contributed by atoms with Crippen LogP contribution in [0.4, 0.5) is 0 Å². The molecule has 4 heteroatoms. The highest BCUT2D eigenvalue weighted by Crippen LogP contribution is 2.23. The van der Waals surface area contributed by atoms with Gasteiger partial charge < -0.3 is 4.90 Å². The average Bonchev–Trinajstić information content (AvgIpc) is 3.01. The van der Waals surface area contributed by atoms with Crippen molar-refractivity contribution in [3.05, 3.63) is 35.4 Å². The second kappa shape index (κ2) is 6.31. The van der Waals surface area contributed by atoms with Crippen molar-refractivity contribution in [1.29, 1.82) is 5.26 Å². The monoisotopic (exact) mass is 298 g/mol. The highest BCUT2D eigenvalue weighted by Gasteiger charge is 2.32. The summed E-state index contributed by atoms with van der Waals surface area (Å²) in [5, 5.41) is 9.25. The van der Waals surface area contributed by atoms with E-state index >= 15 is 0 Å². The fourth-order valence-corrected chi connectivity index (χ4v) is 2.65.